The van der Waals surface area contributed by atoms with Gasteiger partial charge < -0.3 is 9.84 Å². The predicted octanol–water partition coefficient (Wildman–Crippen LogP) is 2.96. The molecule has 0 saturated carbocycles. The summed E-state index contributed by atoms with van der Waals surface area (Å²) in [6.07, 6.45) is 0.807. The number of fused-ring (bicyclic) bond motifs is 1. The summed E-state index contributed by atoms with van der Waals surface area (Å²) in [7, 11) is 1.36. The van der Waals surface area contributed by atoms with Gasteiger partial charge in [0.2, 0.25) is 0 Å². The fourth-order valence-electron chi connectivity index (χ4n) is 2.88. The molecule has 0 unspecified atom stereocenters. The molecule has 0 saturated heterocycles. The number of hydrogen-bond donors (Lipinski definition) is 1. The number of esters is 1. The molecular formula is C18H16O3. The molecule has 1 aliphatic carbocycles. The third-order valence-electron chi connectivity index (χ3n) is 3.83. The zero-order chi connectivity index (χ0) is 14.8. The largest absolute Gasteiger partial charge is 0.466 e. The van der Waals surface area contributed by atoms with Gasteiger partial charge in [0.25, 0.3) is 0 Å². The molecule has 0 fully saturated rings. The minimum atomic E-state index is -0.782. The van der Waals surface area contributed by atoms with E-state index in [1.807, 2.05) is 54.6 Å². The van der Waals surface area contributed by atoms with Crippen molar-refractivity contribution < 1.29 is 14.6 Å². The number of rotatable bonds is 2. The third-order valence-corrected chi connectivity index (χ3v) is 3.83. The van der Waals surface area contributed by atoms with Gasteiger partial charge in [-0.05, 0) is 22.8 Å². The lowest BCUT2D eigenvalue weighted by molar-refractivity contribution is -0.136. The van der Waals surface area contributed by atoms with Crippen LogP contribution in [0.4, 0.5) is 0 Å². The van der Waals surface area contributed by atoms with Gasteiger partial charge >= 0.3 is 5.97 Å². The quantitative estimate of drug-likeness (QED) is 0.860. The van der Waals surface area contributed by atoms with Crippen molar-refractivity contribution >= 4 is 5.97 Å². The van der Waals surface area contributed by atoms with E-state index in [0.29, 0.717) is 5.57 Å². The van der Waals surface area contributed by atoms with E-state index in [-0.39, 0.29) is 5.92 Å². The molecule has 3 heteroatoms. The lowest BCUT2D eigenvalue weighted by atomic mass is 9.77. The van der Waals surface area contributed by atoms with Crippen LogP contribution in [0.3, 0.4) is 0 Å². The van der Waals surface area contributed by atoms with E-state index >= 15 is 0 Å². The summed E-state index contributed by atoms with van der Waals surface area (Å²) in [5.41, 5.74) is 3.27. The Morgan fingerprint density at radius 2 is 1.62 bits per heavy atom. The van der Waals surface area contributed by atoms with Gasteiger partial charge in [-0.3, -0.25) is 0 Å². The van der Waals surface area contributed by atoms with Crippen LogP contribution in [0.15, 0.2) is 66.2 Å². The second-order valence-electron chi connectivity index (χ2n) is 5.03. The normalized spacial score (nSPS) is 20.4. The molecule has 21 heavy (non-hydrogen) atoms. The molecule has 1 N–H and O–H groups in total. The first kappa shape index (κ1) is 13.6. The van der Waals surface area contributed by atoms with Crippen LogP contribution in [0.5, 0.6) is 0 Å². The zero-order valence-corrected chi connectivity index (χ0v) is 11.7. The third kappa shape index (κ3) is 2.36. The highest BCUT2D eigenvalue weighted by Crippen LogP contribution is 2.41. The Morgan fingerprint density at radius 1 is 1.00 bits per heavy atom. The average Bonchev–Trinajstić information content (AvgIpc) is 2.55. The number of carbonyl (C=O) groups excluding carboxylic acids is 1. The fourth-order valence-corrected chi connectivity index (χ4v) is 2.88. The summed E-state index contributed by atoms with van der Waals surface area (Å²) >= 11 is 0. The van der Waals surface area contributed by atoms with Crippen LogP contribution in [-0.4, -0.2) is 18.2 Å². The Balaban J connectivity index is 2.19. The molecule has 0 spiro atoms. The number of methoxy groups -OCH3 is 1. The van der Waals surface area contributed by atoms with Crippen LogP contribution in [-0.2, 0) is 9.53 Å². The highest BCUT2D eigenvalue weighted by molar-refractivity contribution is 5.92. The maximum Gasteiger partial charge on any atom is 0.334 e. The monoisotopic (exact) mass is 280 g/mol. The molecule has 1 aliphatic rings. The Morgan fingerprint density at radius 3 is 2.29 bits per heavy atom. The van der Waals surface area contributed by atoms with Gasteiger partial charge in [-0.25, -0.2) is 4.79 Å². The Bertz CT molecular complexity index is 689. The molecule has 106 valence electrons. The fraction of sp³-hybridized carbons (Fsp3) is 0.167. The van der Waals surface area contributed by atoms with Gasteiger partial charge in [-0.15, -0.1) is 0 Å². The molecule has 2 atom stereocenters. The van der Waals surface area contributed by atoms with Crippen molar-refractivity contribution in [2.45, 2.75) is 12.0 Å². The summed E-state index contributed by atoms with van der Waals surface area (Å²) in [5.74, 6) is -0.615. The van der Waals surface area contributed by atoms with Crippen LogP contribution in [0, 0.1) is 0 Å². The van der Waals surface area contributed by atoms with Crippen LogP contribution < -0.4 is 0 Å². The van der Waals surface area contributed by atoms with E-state index in [9.17, 15) is 9.90 Å². The van der Waals surface area contributed by atoms with Crippen LogP contribution in [0.2, 0.25) is 0 Å². The Hall–Kier alpha value is -2.39. The maximum absolute atomic E-state index is 12.1. The number of benzene rings is 2. The van der Waals surface area contributed by atoms with Crippen LogP contribution in [0.25, 0.3) is 0 Å². The lowest BCUT2D eigenvalue weighted by Gasteiger charge is -2.28. The highest BCUT2D eigenvalue weighted by Gasteiger charge is 2.32. The average molecular weight is 280 g/mol. The van der Waals surface area contributed by atoms with Crippen molar-refractivity contribution in [3.63, 3.8) is 0 Å². The molecule has 0 amide bonds. The number of aliphatic hydroxyl groups is 1. The Labute approximate surface area is 123 Å². The predicted molar refractivity (Wildman–Crippen MR) is 79.8 cm³/mol. The van der Waals surface area contributed by atoms with Crippen molar-refractivity contribution in [3.8, 4) is 0 Å². The summed E-state index contributed by atoms with van der Waals surface area (Å²) in [6, 6.07) is 17.4. The lowest BCUT2D eigenvalue weighted by Crippen LogP contribution is -2.21. The molecule has 0 aliphatic heterocycles. The molecule has 0 bridgehead atoms. The van der Waals surface area contributed by atoms with Crippen LogP contribution in [0.1, 0.15) is 28.7 Å². The number of aliphatic hydroxyl groups excluding tert-OH is 1. The van der Waals surface area contributed by atoms with E-state index in [0.717, 1.165) is 16.7 Å². The topological polar surface area (TPSA) is 46.5 Å². The summed E-state index contributed by atoms with van der Waals surface area (Å²) < 4.78 is 4.89. The van der Waals surface area contributed by atoms with Crippen LogP contribution >= 0.6 is 0 Å². The number of hydrogen-bond acceptors (Lipinski definition) is 3. The summed E-state index contributed by atoms with van der Waals surface area (Å²) in [4.78, 5) is 12.1. The highest BCUT2D eigenvalue weighted by atomic mass is 16.5. The van der Waals surface area contributed by atoms with E-state index in [1.54, 1.807) is 6.08 Å². The molecule has 3 rings (SSSR count). The standard InChI is InChI=1S/C18H16O3/c1-21-18(20)15-11-16(19)13-9-5-6-10-14(13)17(15)12-7-3-2-4-8-12/h2-11,16-17,19H,1H3/t16-,17-/m1/s1. The molecule has 0 aromatic heterocycles. The number of ether oxygens (including phenoxy) is 1. The molecule has 3 nitrogen and oxygen atoms in total. The smallest absolute Gasteiger partial charge is 0.334 e. The van der Waals surface area contributed by atoms with E-state index in [4.69, 9.17) is 4.74 Å². The second kappa shape index (κ2) is 5.54. The van der Waals surface area contributed by atoms with Crippen molar-refractivity contribution in [2.24, 2.45) is 0 Å². The van der Waals surface area contributed by atoms with E-state index < -0.39 is 12.1 Å². The van der Waals surface area contributed by atoms with Crippen molar-refractivity contribution in [2.75, 3.05) is 7.11 Å². The molecule has 2 aromatic rings. The van der Waals surface area contributed by atoms with Gasteiger partial charge in [0, 0.05) is 11.5 Å². The Kier molecular flexibility index (Phi) is 3.59. The second-order valence-corrected chi connectivity index (χ2v) is 5.03. The molecule has 0 heterocycles. The van der Waals surface area contributed by atoms with Crippen molar-refractivity contribution in [1.82, 2.24) is 0 Å². The van der Waals surface area contributed by atoms with E-state index in [1.165, 1.54) is 7.11 Å². The summed E-state index contributed by atoms with van der Waals surface area (Å²) in [6.45, 7) is 0. The van der Waals surface area contributed by atoms with Gasteiger partial charge in [0.05, 0.1) is 13.2 Å². The van der Waals surface area contributed by atoms with E-state index in [2.05, 4.69) is 0 Å². The minimum absolute atomic E-state index is 0.210. The first-order valence-electron chi connectivity index (χ1n) is 6.84. The van der Waals surface area contributed by atoms with Crippen molar-refractivity contribution in [3.05, 3.63) is 82.9 Å². The number of carbonyl (C=O) groups is 1. The SMILES string of the molecule is COC(=O)C1=C[C@@H](O)c2ccccc2[C@H]1c1ccccc1. The zero-order valence-electron chi connectivity index (χ0n) is 11.7. The maximum atomic E-state index is 12.1. The first-order valence-corrected chi connectivity index (χ1v) is 6.84. The first-order chi connectivity index (χ1) is 10.2. The van der Waals surface area contributed by atoms with Gasteiger partial charge in [0.15, 0.2) is 0 Å². The molecular weight excluding hydrogens is 264 g/mol. The van der Waals surface area contributed by atoms with Gasteiger partial charge in [0.1, 0.15) is 0 Å². The molecule has 0 radical (unpaired) electrons. The van der Waals surface area contributed by atoms with Gasteiger partial charge in [-0.2, -0.15) is 0 Å². The minimum Gasteiger partial charge on any atom is -0.466 e. The summed E-state index contributed by atoms with van der Waals surface area (Å²) in [5, 5.41) is 10.3. The van der Waals surface area contributed by atoms with Gasteiger partial charge in [-0.1, -0.05) is 54.6 Å². The molecule has 2 aromatic carbocycles. The van der Waals surface area contributed by atoms with Crippen molar-refractivity contribution in [1.29, 1.82) is 0 Å².